The van der Waals surface area contributed by atoms with Crippen LogP contribution >= 0.6 is 0 Å². The summed E-state index contributed by atoms with van der Waals surface area (Å²) in [6.07, 6.45) is 7.26. The minimum atomic E-state index is -0.428. The molecule has 0 fully saturated rings. The Morgan fingerprint density at radius 3 is 2.76 bits per heavy atom. The summed E-state index contributed by atoms with van der Waals surface area (Å²) in [5.41, 5.74) is 0.759. The number of non-ortho nitro benzene ring substituents is 1. The first-order valence-electron chi connectivity index (χ1n) is 5.35. The van der Waals surface area contributed by atoms with Gasteiger partial charge in [0, 0.05) is 18.3 Å². The van der Waals surface area contributed by atoms with Gasteiger partial charge in [-0.3, -0.25) is 15.1 Å². The van der Waals surface area contributed by atoms with Gasteiger partial charge in [-0.25, -0.2) is 0 Å². The molecule has 0 aromatic heterocycles. The highest BCUT2D eigenvalue weighted by Gasteiger charge is 2.07. The number of hydrogen-bond acceptors (Lipinski definition) is 4. The summed E-state index contributed by atoms with van der Waals surface area (Å²) in [6.45, 7) is 0. The molecular weight excluding hydrogens is 220 g/mol. The van der Waals surface area contributed by atoms with Gasteiger partial charge in [-0.05, 0) is 31.1 Å². The molecule has 2 rings (SSSR count). The number of ether oxygens (including phenoxy) is 1. The zero-order valence-corrected chi connectivity index (χ0v) is 9.15. The predicted octanol–water partition coefficient (Wildman–Crippen LogP) is 2.99. The van der Waals surface area contributed by atoms with Gasteiger partial charge in [0.2, 0.25) is 0 Å². The Hall–Kier alpha value is -2.17. The number of hydrogen-bond donors (Lipinski definition) is 0. The fraction of sp³-hybridized carbons (Fsp3) is 0.250. The van der Waals surface area contributed by atoms with Crippen LogP contribution in [0.25, 0.3) is 0 Å². The van der Waals surface area contributed by atoms with E-state index in [1.807, 2.05) is 6.08 Å². The third kappa shape index (κ3) is 3.14. The topological polar surface area (TPSA) is 64.7 Å². The van der Waals surface area contributed by atoms with Gasteiger partial charge < -0.3 is 4.74 Å². The van der Waals surface area contributed by atoms with E-state index in [0.29, 0.717) is 5.69 Å². The van der Waals surface area contributed by atoms with Crippen LogP contribution in [0.1, 0.15) is 12.8 Å². The van der Waals surface area contributed by atoms with Crippen LogP contribution in [0.3, 0.4) is 0 Å². The van der Waals surface area contributed by atoms with Crippen LogP contribution in [0.15, 0.2) is 41.6 Å². The Bertz CT molecular complexity index is 451. The van der Waals surface area contributed by atoms with Crippen molar-refractivity contribution in [3.63, 3.8) is 0 Å². The Kier molecular flexibility index (Phi) is 3.49. The SMILES string of the molecule is O=[N+]([O-])c1ccc(N=C[C@H]2CCC=CO2)cc1. The van der Waals surface area contributed by atoms with Crippen molar-refractivity contribution in [1.82, 2.24) is 0 Å². The summed E-state index contributed by atoms with van der Waals surface area (Å²) in [4.78, 5) is 14.3. The van der Waals surface area contributed by atoms with Crippen molar-refractivity contribution in [2.45, 2.75) is 18.9 Å². The van der Waals surface area contributed by atoms with Crippen molar-refractivity contribution in [2.24, 2.45) is 4.99 Å². The fourth-order valence-electron chi connectivity index (χ4n) is 1.49. The molecule has 1 aliphatic rings. The molecule has 1 aromatic carbocycles. The molecule has 1 aliphatic heterocycles. The second kappa shape index (κ2) is 5.25. The van der Waals surface area contributed by atoms with E-state index in [9.17, 15) is 10.1 Å². The Morgan fingerprint density at radius 1 is 1.41 bits per heavy atom. The molecule has 0 aliphatic carbocycles. The molecule has 88 valence electrons. The molecule has 0 spiro atoms. The van der Waals surface area contributed by atoms with E-state index in [4.69, 9.17) is 4.74 Å². The molecule has 0 radical (unpaired) electrons. The maximum absolute atomic E-state index is 10.5. The summed E-state index contributed by atoms with van der Waals surface area (Å²) < 4.78 is 5.32. The zero-order chi connectivity index (χ0) is 12.1. The van der Waals surface area contributed by atoms with E-state index in [1.54, 1.807) is 24.6 Å². The van der Waals surface area contributed by atoms with Gasteiger partial charge in [0.25, 0.3) is 5.69 Å². The lowest BCUT2D eigenvalue weighted by molar-refractivity contribution is -0.384. The number of allylic oxidation sites excluding steroid dienone is 1. The van der Waals surface area contributed by atoms with Gasteiger partial charge in [-0.2, -0.15) is 0 Å². The molecule has 0 amide bonds. The van der Waals surface area contributed by atoms with Crippen molar-refractivity contribution >= 4 is 17.6 Å². The minimum Gasteiger partial charge on any atom is -0.493 e. The lowest BCUT2D eigenvalue weighted by atomic mass is 10.2. The zero-order valence-electron chi connectivity index (χ0n) is 9.15. The van der Waals surface area contributed by atoms with Crippen LogP contribution in [0.4, 0.5) is 11.4 Å². The van der Waals surface area contributed by atoms with E-state index in [-0.39, 0.29) is 11.8 Å². The van der Waals surface area contributed by atoms with Crippen molar-refractivity contribution in [3.05, 3.63) is 46.7 Å². The maximum Gasteiger partial charge on any atom is 0.269 e. The summed E-state index contributed by atoms with van der Waals surface area (Å²) in [7, 11) is 0. The standard InChI is InChI=1S/C12H12N2O3/c15-14(16)11-6-4-10(5-7-11)13-9-12-3-1-2-8-17-12/h2,4-9,12H,1,3H2/t12-/m1/s1. The predicted molar refractivity (Wildman–Crippen MR) is 64.5 cm³/mol. The van der Waals surface area contributed by atoms with Gasteiger partial charge >= 0.3 is 0 Å². The third-order valence-electron chi connectivity index (χ3n) is 2.42. The van der Waals surface area contributed by atoms with Gasteiger partial charge in [-0.15, -0.1) is 0 Å². The van der Waals surface area contributed by atoms with Gasteiger partial charge in [0.1, 0.15) is 6.10 Å². The molecule has 1 atom stereocenters. The Morgan fingerprint density at radius 2 is 2.18 bits per heavy atom. The van der Waals surface area contributed by atoms with Crippen molar-refractivity contribution in [1.29, 1.82) is 0 Å². The highest BCUT2D eigenvalue weighted by atomic mass is 16.6. The van der Waals surface area contributed by atoms with Gasteiger partial charge in [-0.1, -0.05) is 0 Å². The number of nitro benzene ring substituents is 1. The van der Waals surface area contributed by atoms with E-state index in [0.717, 1.165) is 12.8 Å². The lowest BCUT2D eigenvalue weighted by Gasteiger charge is -2.14. The number of nitrogens with zero attached hydrogens (tertiary/aromatic N) is 2. The van der Waals surface area contributed by atoms with E-state index < -0.39 is 4.92 Å². The molecular formula is C12H12N2O3. The van der Waals surface area contributed by atoms with Crippen LogP contribution < -0.4 is 0 Å². The molecule has 0 saturated carbocycles. The maximum atomic E-state index is 10.5. The molecule has 0 bridgehead atoms. The molecule has 17 heavy (non-hydrogen) atoms. The molecule has 5 heteroatoms. The van der Waals surface area contributed by atoms with Crippen molar-refractivity contribution < 1.29 is 9.66 Å². The average Bonchev–Trinajstić information content (AvgIpc) is 2.38. The summed E-state index contributed by atoms with van der Waals surface area (Å²) in [6, 6.07) is 6.11. The molecule has 5 nitrogen and oxygen atoms in total. The molecule has 0 N–H and O–H groups in total. The fourth-order valence-corrected chi connectivity index (χ4v) is 1.49. The molecule has 1 aromatic rings. The Labute approximate surface area is 98.6 Å². The van der Waals surface area contributed by atoms with Crippen molar-refractivity contribution in [2.75, 3.05) is 0 Å². The molecule has 0 unspecified atom stereocenters. The van der Waals surface area contributed by atoms with Gasteiger partial charge in [0.15, 0.2) is 0 Å². The van der Waals surface area contributed by atoms with E-state index in [2.05, 4.69) is 4.99 Å². The van der Waals surface area contributed by atoms with Crippen LogP contribution in [0.5, 0.6) is 0 Å². The van der Waals surface area contributed by atoms with Crippen LogP contribution in [0.2, 0.25) is 0 Å². The van der Waals surface area contributed by atoms with E-state index >= 15 is 0 Å². The van der Waals surface area contributed by atoms with Crippen molar-refractivity contribution in [3.8, 4) is 0 Å². The van der Waals surface area contributed by atoms with Crippen LogP contribution in [0, 0.1) is 10.1 Å². The monoisotopic (exact) mass is 232 g/mol. The normalized spacial score (nSPS) is 19.2. The second-order valence-corrected chi connectivity index (χ2v) is 3.68. The number of nitro groups is 1. The lowest BCUT2D eigenvalue weighted by Crippen LogP contribution is -2.13. The number of benzene rings is 1. The van der Waals surface area contributed by atoms with Crippen LogP contribution in [-0.2, 0) is 4.74 Å². The summed E-state index contributed by atoms with van der Waals surface area (Å²) in [5, 5.41) is 10.5. The first-order valence-corrected chi connectivity index (χ1v) is 5.35. The highest BCUT2D eigenvalue weighted by molar-refractivity contribution is 5.68. The molecule has 1 heterocycles. The Balaban J connectivity index is 2.00. The quantitative estimate of drug-likeness (QED) is 0.457. The third-order valence-corrected chi connectivity index (χ3v) is 2.42. The second-order valence-electron chi connectivity index (χ2n) is 3.68. The van der Waals surface area contributed by atoms with E-state index in [1.165, 1.54) is 12.1 Å². The number of rotatable bonds is 3. The van der Waals surface area contributed by atoms with Gasteiger partial charge in [0.05, 0.1) is 16.9 Å². The number of aliphatic imine (C=N–C) groups is 1. The first kappa shape index (κ1) is 11.3. The average molecular weight is 232 g/mol. The molecule has 0 saturated heterocycles. The highest BCUT2D eigenvalue weighted by Crippen LogP contribution is 2.18. The summed E-state index contributed by atoms with van der Waals surface area (Å²) in [5.74, 6) is 0. The largest absolute Gasteiger partial charge is 0.493 e. The first-order chi connectivity index (χ1) is 8.25. The summed E-state index contributed by atoms with van der Waals surface area (Å²) >= 11 is 0. The smallest absolute Gasteiger partial charge is 0.269 e. The van der Waals surface area contributed by atoms with Crippen LogP contribution in [-0.4, -0.2) is 17.2 Å². The minimum absolute atomic E-state index is 0.00445.